The van der Waals surface area contributed by atoms with E-state index in [1.165, 1.54) is 4.80 Å². The van der Waals surface area contributed by atoms with Crippen LogP contribution >= 0.6 is 11.6 Å². The third kappa shape index (κ3) is 1.90. The molecule has 6 nitrogen and oxygen atoms in total. The zero-order valence-corrected chi connectivity index (χ0v) is 8.39. The lowest BCUT2D eigenvalue weighted by Crippen LogP contribution is -2.02. The average molecular weight is 213 g/mol. The van der Waals surface area contributed by atoms with Crippen LogP contribution in [0.3, 0.4) is 0 Å². The van der Waals surface area contributed by atoms with E-state index in [9.17, 15) is 0 Å². The van der Waals surface area contributed by atoms with Crippen molar-refractivity contribution in [1.29, 1.82) is 0 Å². The maximum absolute atomic E-state index is 5.65. The topological polar surface area (TPSA) is 61.4 Å². The van der Waals surface area contributed by atoms with E-state index < -0.39 is 0 Å². The smallest absolute Gasteiger partial charge is 0.196 e. The Labute approximate surface area is 85.5 Å². The largest absolute Gasteiger partial charge is 0.265 e. The fourth-order valence-electron chi connectivity index (χ4n) is 1.09. The Balaban J connectivity index is 2.10. The van der Waals surface area contributed by atoms with Crippen LogP contribution in [-0.2, 0) is 19.5 Å². The van der Waals surface area contributed by atoms with Crippen LogP contribution in [0.15, 0.2) is 12.4 Å². The molecule has 0 saturated heterocycles. The van der Waals surface area contributed by atoms with Gasteiger partial charge in [-0.05, 0) is 5.21 Å². The Kier molecular flexibility index (Phi) is 2.45. The van der Waals surface area contributed by atoms with Crippen molar-refractivity contribution in [2.75, 3.05) is 0 Å². The standard InChI is InChI=1S/C7H9ClN6/c1-13-11-7(10-12-13)5-14-4-6(2-8)3-9-14/h3-4H,2,5H2,1H3. The van der Waals surface area contributed by atoms with Crippen LogP contribution in [0.25, 0.3) is 0 Å². The summed E-state index contributed by atoms with van der Waals surface area (Å²) in [6.07, 6.45) is 3.59. The van der Waals surface area contributed by atoms with Crippen LogP contribution in [0.4, 0.5) is 0 Å². The van der Waals surface area contributed by atoms with Crippen LogP contribution in [0.5, 0.6) is 0 Å². The molecule has 0 saturated carbocycles. The number of nitrogens with zero attached hydrogens (tertiary/aromatic N) is 6. The molecule has 0 bridgehead atoms. The average Bonchev–Trinajstić information content (AvgIpc) is 2.76. The van der Waals surface area contributed by atoms with Crippen LogP contribution < -0.4 is 0 Å². The second-order valence-electron chi connectivity index (χ2n) is 2.87. The number of aryl methyl sites for hydroxylation is 1. The van der Waals surface area contributed by atoms with Crippen molar-refractivity contribution in [2.45, 2.75) is 12.4 Å². The lowest BCUT2D eigenvalue weighted by Gasteiger charge is -1.93. The number of aromatic nitrogens is 6. The molecule has 7 heteroatoms. The Morgan fingerprint density at radius 2 is 2.36 bits per heavy atom. The molecule has 74 valence electrons. The van der Waals surface area contributed by atoms with Gasteiger partial charge < -0.3 is 0 Å². The van der Waals surface area contributed by atoms with Crippen molar-refractivity contribution in [3.8, 4) is 0 Å². The lowest BCUT2D eigenvalue weighted by atomic mass is 10.4. The molecule has 2 aromatic rings. The molecule has 0 aliphatic heterocycles. The van der Waals surface area contributed by atoms with Gasteiger partial charge in [0.05, 0.1) is 19.1 Å². The van der Waals surface area contributed by atoms with E-state index >= 15 is 0 Å². The molecule has 0 N–H and O–H groups in total. The zero-order valence-electron chi connectivity index (χ0n) is 7.63. The minimum atomic E-state index is 0.466. The van der Waals surface area contributed by atoms with Crippen molar-refractivity contribution in [3.63, 3.8) is 0 Å². The van der Waals surface area contributed by atoms with Crippen LogP contribution in [-0.4, -0.2) is 30.0 Å². The first-order chi connectivity index (χ1) is 6.78. The van der Waals surface area contributed by atoms with E-state index in [0.29, 0.717) is 18.2 Å². The molecular weight excluding hydrogens is 204 g/mol. The molecule has 0 aliphatic rings. The van der Waals surface area contributed by atoms with Gasteiger partial charge in [-0.2, -0.15) is 9.90 Å². The Bertz CT molecular complexity index is 419. The normalized spacial score (nSPS) is 10.7. The molecule has 2 rings (SSSR count). The van der Waals surface area contributed by atoms with Crippen molar-refractivity contribution >= 4 is 11.6 Å². The highest BCUT2D eigenvalue weighted by Gasteiger charge is 2.02. The number of hydrogen-bond acceptors (Lipinski definition) is 4. The van der Waals surface area contributed by atoms with Gasteiger partial charge in [0.25, 0.3) is 0 Å². The summed E-state index contributed by atoms with van der Waals surface area (Å²) in [5.74, 6) is 1.10. The molecule has 0 aromatic carbocycles. The maximum Gasteiger partial charge on any atom is 0.196 e. The summed E-state index contributed by atoms with van der Waals surface area (Å²) in [6, 6.07) is 0. The highest BCUT2D eigenvalue weighted by atomic mass is 35.5. The molecule has 0 radical (unpaired) electrons. The van der Waals surface area contributed by atoms with Crippen LogP contribution in [0, 0.1) is 0 Å². The fourth-order valence-corrected chi connectivity index (χ4v) is 1.23. The number of hydrogen-bond donors (Lipinski definition) is 0. The first-order valence-corrected chi connectivity index (χ1v) is 4.61. The van der Waals surface area contributed by atoms with Gasteiger partial charge in [-0.15, -0.1) is 21.8 Å². The third-order valence-corrected chi connectivity index (χ3v) is 2.00. The van der Waals surface area contributed by atoms with E-state index in [1.807, 2.05) is 6.20 Å². The van der Waals surface area contributed by atoms with Crippen molar-refractivity contribution in [1.82, 2.24) is 30.0 Å². The highest BCUT2D eigenvalue weighted by Crippen LogP contribution is 2.02. The summed E-state index contributed by atoms with van der Waals surface area (Å²) in [5, 5.41) is 15.7. The minimum Gasteiger partial charge on any atom is -0.265 e. The minimum absolute atomic E-state index is 0.466. The molecule has 0 amide bonds. The molecule has 2 aromatic heterocycles. The number of halogens is 1. The predicted molar refractivity (Wildman–Crippen MR) is 49.7 cm³/mol. The number of rotatable bonds is 3. The Hall–Kier alpha value is -1.43. The summed E-state index contributed by atoms with van der Waals surface area (Å²) < 4.78 is 1.73. The van der Waals surface area contributed by atoms with Crippen LogP contribution in [0.1, 0.15) is 11.4 Å². The molecule has 0 fully saturated rings. The summed E-state index contributed by atoms with van der Waals surface area (Å²) in [4.78, 5) is 1.42. The van der Waals surface area contributed by atoms with E-state index in [0.717, 1.165) is 5.56 Å². The second kappa shape index (κ2) is 3.75. The Morgan fingerprint density at radius 3 is 2.93 bits per heavy atom. The van der Waals surface area contributed by atoms with Gasteiger partial charge in [0, 0.05) is 11.8 Å². The maximum atomic E-state index is 5.65. The van der Waals surface area contributed by atoms with Gasteiger partial charge in [0.15, 0.2) is 5.82 Å². The van der Waals surface area contributed by atoms with E-state index in [-0.39, 0.29) is 0 Å². The predicted octanol–water partition coefficient (Wildman–Crippen LogP) is 0.194. The van der Waals surface area contributed by atoms with E-state index in [2.05, 4.69) is 20.5 Å². The molecule has 0 spiro atoms. The van der Waals surface area contributed by atoms with Crippen molar-refractivity contribution < 1.29 is 0 Å². The molecule has 0 atom stereocenters. The lowest BCUT2D eigenvalue weighted by molar-refractivity contribution is 0.617. The molecular formula is C7H9ClN6. The van der Waals surface area contributed by atoms with E-state index in [4.69, 9.17) is 11.6 Å². The number of tetrazole rings is 1. The molecule has 0 unspecified atom stereocenters. The third-order valence-electron chi connectivity index (χ3n) is 1.69. The number of alkyl halides is 1. The summed E-state index contributed by atoms with van der Waals surface area (Å²) in [7, 11) is 1.73. The van der Waals surface area contributed by atoms with Gasteiger partial charge in [-0.3, -0.25) is 4.68 Å². The Morgan fingerprint density at radius 1 is 1.50 bits per heavy atom. The van der Waals surface area contributed by atoms with Gasteiger partial charge >= 0.3 is 0 Å². The SMILES string of the molecule is Cn1nnc(Cn2cc(CCl)cn2)n1. The monoisotopic (exact) mass is 212 g/mol. The zero-order chi connectivity index (χ0) is 9.97. The summed E-state index contributed by atoms with van der Waals surface area (Å²) in [6.45, 7) is 0.519. The molecule has 0 aliphatic carbocycles. The van der Waals surface area contributed by atoms with Gasteiger partial charge in [-0.1, -0.05) is 0 Å². The molecule has 14 heavy (non-hydrogen) atoms. The quantitative estimate of drug-likeness (QED) is 0.682. The van der Waals surface area contributed by atoms with Crippen LogP contribution in [0.2, 0.25) is 0 Å². The van der Waals surface area contributed by atoms with E-state index in [1.54, 1.807) is 17.9 Å². The van der Waals surface area contributed by atoms with Crippen molar-refractivity contribution in [3.05, 3.63) is 23.8 Å². The van der Waals surface area contributed by atoms with Gasteiger partial charge in [0.2, 0.25) is 0 Å². The first-order valence-electron chi connectivity index (χ1n) is 4.08. The highest BCUT2D eigenvalue weighted by molar-refractivity contribution is 6.17. The summed E-state index contributed by atoms with van der Waals surface area (Å²) in [5.41, 5.74) is 0.982. The fraction of sp³-hybridized carbons (Fsp3) is 0.429. The second-order valence-corrected chi connectivity index (χ2v) is 3.14. The van der Waals surface area contributed by atoms with Gasteiger partial charge in [-0.25, -0.2) is 0 Å². The summed E-state index contributed by atoms with van der Waals surface area (Å²) >= 11 is 5.65. The van der Waals surface area contributed by atoms with Gasteiger partial charge in [0.1, 0.15) is 6.54 Å². The molecule has 2 heterocycles. The van der Waals surface area contributed by atoms with Crippen molar-refractivity contribution in [2.24, 2.45) is 7.05 Å². The first kappa shape index (κ1) is 9.14.